The maximum absolute atomic E-state index is 12.9. The van der Waals surface area contributed by atoms with Gasteiger partial charge in [-0.05, 0) is 68.7 Å². The van der Waals surface area contributed by atoms with Gasteiger partial charge in [-0.2, -0.15) is 0 Å². The molecule has 0 saturated carbocycles. The molecule has 0 saturated heterocycles. The molecule has 3 rings (SSSR count). The predicted octanol–water partition coefficient (Wildman–Crippen LogP) is 4.80. The van der Waals surface area contributed by atoms with Gasteiger partial charge in [0.25, 0.3) is 0 Å². The Morgan fingerprint density at radius 2 is 1.93 bits per heavy atom. The number of nitrogens with one attached hydrogen (secondary N) is 2. The minimum absolute atomic E-state index is 0.0870. The Bertz CT molecular complexity index is 965. The molecule has 30 heavy (non-hydrogen) atoms. The first-order chi connectivity index (χ1) is 14.3. The van der Waals surface area contributed by atoms with Crippen LogP contribution in [0.1, 0.15) is 48.2 Å². The molecule has 158 valence electrons. The molecule has 0 unspecified atom stereocenters. The monoisotopic (exact) mass is 426 g/mol. The lowest BCUT2D eigenvalue weighted by molar-refractivity contribution is -0.116. The molecule has 1 amide bonds. The topological polar surface area (TPSA) is 67.4 Å². The van der Waals surface area contributed by atoms with E-state index in [0.717, 1.165) is 23.4 Å². The van der Waals surface area contributed by atoms with Crippen LogP contribution in [0.15, 0.2) is 48.5 Å². The SMILES string of the molecule is COc1ccc2c(c1)/C(=C/C(=O)c1ccc(NC(=O)CCCCl)cc1)NC(C)(C)C2. The molecule has 5 nitrogen and oxygen atoms in total. The fraction of sp³-hybridized carbons (Fsp3) is 0.333. The molecule has 0 bridgehead atoms. The summed E-state index contributed by atoms with van der Waals surface area (Å²) in [5, 5.41) is 6.29. The van der Waals surface area contributed by atoms with Crippen LogP contribution in [0.2, 0.25) is 0 Å². The summed E-state index contributed by atoms with van der Waals surface area (Å²) in [7, 11) is 1.63. The number of methoxy groups -OCH3 is 1. The van der Waals surface area contributed by atoms with Crippen molar-refractivity contribution in [1.82, 2.24) is 5.32 Å². The Balaban J connectivity index is 1.81. The smallest absolute Gasteiger partial charge is 0.224 e. The van der Waals surface area contributed by atoms with Gasteiger partial charge in [-0.15, -0.1) is 11.6 Å². The van der Waals surface area contributed by atoms with E-state index in [-0.39, 0.29) is 17.2 Å². The molecule has 0 aliphatic carbocycles. The van der Waals surface area contributed by atoms with Crippen LogP contribution >= 0.6 is 11.6 Å². The normalized spacial score (nSPS) is 15.8. The van der Waals surface area contributed by atoms with Gasteiger partial charge in [0.05, 0.1) is 7.11 Å². The second kappa shape index (κ2) is 9.35. The van der Waals surface area contributed by atoms with Gasteiger partial charge in [-0.1, -0.05) is 6.07 Å². The Morgan fingerprint density at radius 3 is 2.60 bits per heavy atom. The van der Waals surface area contributed by atoms with Crippen LogP contribution in [0.3, 0.4) is 0 Å². The molecule has 0 atom stereocenters. The average molecular weight is 427 g/mol. The van der Waals surface area contributed by atoms with E-state index in [9.17, 15) is 9.59 Å². The largest absolute Gasteiger partial charge is 0.497 e. The number of rotatable bonds is 7. The van der Waals surface area contributed by atoms with Crippen LogP contribution in [0, 0.1) is 0 Å². The maximum atomic E-state index is 12.9. The number of fused-ring (bicyclic) bond motifs is 1. The van der Waals surface area contributed by atoms with Gasteiger partial charge in [0.15, 0.2) is 5.78 Å². The van der Waals surface area contributed by atoms with Crippen molar-refractivity contribution in [1.29, 1.82) is 0 Å². The quantitative estimate of drug-likeness (QED) is 0.379. The van der Waals surface area contributed by atoms with E-state index in [0.29, 0.717) is 30.0 Å². The first kappa shape index (κ1) is 21.9. The number of carbonyl (C=O) groups is 2. The van der Waals surface area contributed by atoms with Crippen LogP contribution in [0.4, 0.5) is 5.69 Å². The number of hydrogen-bond acceptors (Lipinski definition) is 4. The number of anilines is 1. The summed E-state index contributed by atoms with van der Waals surface area (Å²) < 4.78 is 5.36. The van der Waals surface area contributed by atoms with Crippen molar-refractivity contribution in [2.75, 3.05) is 18.3 Å². The van der Waals surface area contributed by atoms with Crippen molar-refractivity contribution in [3.8, 4) is 5.75 Å². The highest BCUT2D eigenvalue weighted by Crippen LogP contribution is 2.32. The Hall–Kier alpha value is -2.79. The summed E-state index contributed by atoms with van der Waals surface area (Å²) in [6.07, 6.45) is 3.50. The Kier molecular flexibility index (Phi) is 6.83. The molecule has 0 spiro atoms. The lowest BCUT2D eigenvalue weighted by Gasteiger charge is -2.35. The van der Waals surface area contributed by atoms with Crippen molar-refractivity contribution in [2.24, 2.45) is 0 Å². The number of amides is 1. The standard InChI is InChI=1S/C24H27ClN2O3/c1-24(2)15-17-8-11-19(30-3)13-20(17)21(27-24)14-22(28)16-6-9-18(10-7-16)26-23(29)5-4-12-25/h6-11,13-14,27H,4-5,12,15H2,1-3H3,(H,26,29)/b21-14-. The number of alkyl halides is 1. The second-order valence-electron chi connectivity index (χ2n) is 8.05. The molecule has 2 N–H and O–H groups in total. The zero-order chi connectivity index (χ0) is 21.7. The maximum Gasteiger partial charge on any atom is 0.224 e. The molecule has 1 aliphatic rings. The van der Waals surface area contributed by atoms with Crippen molar-refractivity contribution >= 4 is 34.7 Å². The molecule has 2 aromatic rings. The third kappa shape index (κ3) is 5.42. The number of allylic oxidation sites excluding steroid dienone is 1. The van der Waals surface area contributed by atoms with E-state index in [4.69, 9.17) is 16.3 Å². The van der Waals surface area contributed by atoms with Gasteiger partial charge < -0.3 is 15.4 Å². The molecule has 0 fully saturated rings. The van der Waals surface area contributed by atoms with Crippen molar-refractivity contribution in [3.05, 3.63) is 65.2 Å². The highest BCUT2D eigenvalue weighted by Gasteiger charge is 2.28. The third-order valence-electron chi connectivity index (χ3n) is 4.98. The van der Waals surface area contributed by atoms with Crippen molar-refractivity contribution < 1.29 is 14.3 Å². The second-order valence-corrected chi connectivity index (χ2v) is 8.43. The molecule has 6 heteroatoms. The van der Waals surface area contributed by atoms with E-state index < -0.39 is 0 Å². The zero-order valence-corrected chi connectivity index (χ0v) is 18.3. The van der Waals surface area contributed by atoms with Gasteiger partial charge in [-0.3, -0.25) is 9.59 Å². The molecule has 2 aromatic carbocycles. The number of hydrogen-bond donors (Lipinski definition) is 2. The van der Waals surface area contributed by atoms with Gasteiger partial charge in [0.2, 0.25) is 5.91 Å². The zero-order valence-electron chi connectivity index (χ0n) is 17.5. The van der Waals surface area contributed by atoms with E-state index >= 15 is 0 Å². The van der Waals surface area contributed by atoms with Crippen LogP contribution in [-0.2, 0) is 11.2 Å². The van der Waals surface area contributed by atoms with E-state index in [2.05, 4.69) is 30.5 Å². The fourth-order valence-electron chi connectivity index (χ4n) is 3.54. The Labute approximate surface area is 182 Å². The predicted molar refractivity (Wildman–Crippen MR) is 121 cm³/mol. The van der Waals surface area contributed by atoms with Crippen LogP contribution in [0.25, 0.3) is 5.70 Å². The summed E-state index contributed by atoms with van der Waals surface area (Å²) in [5.74, 6) is 1.01. The van der Waals surface area contributed by atoms with Crippen molar-refractivity contribution in [2.45, 2.75) is 38.6 Å². The number of carbonyl (C=O) groups excluding carboxylic acids is 2. The van der Waals surface area contributed by atoms with E-state index in [1.807, 2.05) is 12.1 Å². The highest BCUT2D eigenvalue weighted by molar-refractivity contribution is 6.18. The molecule has 0 aromatic heterocycles. The fourth-order valence-corrected chi connectivity index (χ4v) is 3.67. The van der Waals surface area contributed by atoms with Crippen LogP contribution < -0.4 is 15.4 Å². The molecule has 1 aliphatic heterocycles. The summed E-state index contributed by atoms with van der Waals surface area (Å²) >= 11 is 5.62. The van der Waals surface area contributed by atoms with Crippen LogP contribution in [-0.4, -0.2) is 30.2 Å². The first-order valence-corrected chi connectivity index (χ1v) is 10.5. The van der Waals surface area contributed by atoms with E-state index in [1.54, 1.807) is 37.5 Å². The van der Waals surface area contributed by atoms with Gasteiger partial charge in [0.1, 0.15) is 5.75 Å². The van der Waals surface area contributed by atoms with Crippen LogP contribution in [0.5, 0.6) is 5.75 Å². The highest BCUT2D eigenvalue weighted by atomic mass is 35.5. The van der Waals surface area contributed by atoms with E-state index in [1.165, 1.54) is 5.56 Å². The summed E-state index contributed by atoms with van der Waals surface area (Å²) in [5.41, 5.74) is 3.98. The minimum Gasteiger partial charge on any atom is -0.497 e. The summed E-state index contributed by atoms with van der Waals surface area (Å²) in [6, 6.07) is 12.9. The summed E-state index contributed by atoms with van der Waals surface area (Å²) in [4.78, 5) is 24.7. The van der Waals surface area contributed by atoms with Gasteiger partial charge in [-0.25, -0.2) is 0 Å². The third-order valence-corrected chi connectivity index (χ3v) is 5.25. The first-order valence-electron chi connectivity index (χ1n) is 9.99. The number of benzene rings is 2. The van der Waals surface area contributed by atoms with Gasteiger partial charge in [0, 0.05) is 46.4 Å². The van der Waals surface area contributed by atoms with Gasteiger partial charge >= 0.3 is 0 Å². The lowest BCUT2D eigenvalue weighted by Crippen LogP contribution is -2.43. The molecule has 0 radical (unpaired) electrons. The molecular formula is C24H27ClN2O3. The summed E-state index contributed by atoms with van der Waals surface area (Å²) in [6.45, 7) is 4.22. The minimum atomic E-state index is -0.162. The Morgan fingerprint density at radius 1 is 1.20 bits per heavy atom. The number of ketones is 1. The van der Waals surface area contributed by atoms with Crippen molar-refractivity contribution in [3.63, 3.8) is 0 Å². The molecule has 1 heterocycles. The number of ether oxygens (including phenoxy) is 1. The average Bonchev–Trinajstić information content (AvgIpc) is 2.71. The molecular weight excluding hydrogens is 400 g/mol. The lowest BCUT2D eigenvalue weighted by atomic mass is 9.85. The number of halogens is 1.